The fourth-order valence-electron chi connectivity index (χ4n) is 7.04. The van der Waals surface area contributed by atoms with Crippen LogP contribution < -0.4 is 5.32 Å². The first-order chi connectivity index (χ1) is 15.4. The van der Waals surface area contributed by atoms with Crippen LogP contribution in [0.5, 0.6) is 0 Å². The molecule has 1 heterocycles. The molecule has 3 aliphatic carbocycles. The van der Waals surface area contributed by atoms with Gasteiger partial charge in [0.2, 0.25) is 5.91 Å². The van der Waals surface area contributed by atoms with E-state index < -0.39 is 5.41 Å². The highest BCUT2D eigenvalue weighted by atomic mass is 16.6. The Labute approximate surface area is 189 Å². The second kappa shape index (κ2) is 8.05. The summed E-state index contributed by atoms with van der Waals surface area (Å²) in [5.74, 6) is 1.44. The van der Waals surface area contributed by atoms with Crippen LogP contribution in [0.25, 0.3) is 0 Å². The summed E-state index contributed by atoms with van der Waals surface area (Å²) in [5, 5.41) is 16.8. The van der Waals surface area contributed by atoms with Gasteiger partial charge in [-0.3, -0.25) is 9.59 Å². The maximum Gasteiger partial charge on any atom is 0.225 e. The molecule has 32 heavy (non-hydrogen) atoms. The number of hydrogen-bond donors (Lipinski definition) is 2. The fourth-order valence-corrected chi connectivity index (χ4v) is 7.04. The third kappa shape index (κ3) is 3.35. The minimum absolute atomic E-state index is 0.0178. The van der Waals surface area contributed by atoms with Crippen molar-refractivity contribution in [3.8, 4) is 0 Å². The van der Waals surface area contributed by atoms with E-state index in [9.17, 15) is 14.7 Å². The number of amidine groups is 1. The molecular weight excluding hydrogens is 404 g/mol. The van der Waals surface area contributed by atoms with Crippen LogP contribution in [0, 0.1) is 23.2 Å². The largest absolute Gasteiger partial charge is 0.515 e. The molecule has 0 spiro atoms. The van der Waals surface area contributed by atoms with Crippen LogP contribution in [0.2, 0.25) is 0 Å². The van der Waals surface area contributed by atoms with E-state index in [1.54, 1.807) is 0 Å². The van der Waals surface area contributed by atoms with E-state index in [0.29, 0.717) is 42.5 Å². The smallest absolute Gasteiger partial charge is 0.225 e. The van der Waals surface area contributed by atoms with E-state index in [1.807, 2.05) is 6.92 Å². The Morgan fingerprint density at radius 3 is 2.91 bits per heavy atom. The van der Waals surface area contributed by atoms with Crippen LogP contribution in [0.1, 0.15) is 69.4 Å². The van der Waals surface area contributed by atoms with Crippen LogP contribution in [0.3, 0.4) is 0 Å². The van der Waals surface area contributed by atoms with E-state index in [4.69, 9.17) is 4.84 Å². The van der Waals surface area contributed by atoms with Crippen LogP contribution >= 0.6 is 0 Å². The Hall–Kier alpha value is -2.63. The Bertz CT molecular complexity index is 999. The van der Waals surface area contributed by atoms with Crippen LogP contribution in [-0.4, -0.2) is 28.7 Å². The van der Waals surface area contributed by atoms with Gasteiger partial charge in [-0.05, 0) is 73.8 Å². The van der Waals surface area contributed by atoms with Gasteiger partial charge >= 0.3 is 0 Å². The third-order valence-electron chi connectivity index (χ3n) is 8.43. The first-order valence-corrected chi connectivity index (χ1v) is 11.9. The van der Waals surface area contributed by atoms with E-state index in [2.05, 4.69) is 41.7 Å². The molecule has 1 amide bonds. The quantitative estimate of drug-likeness (QED) is 0.543. The molecular formula is C26H32N2O4. The third-order valence-corrected chi connectivity index (χ3v) is 8.43. The predicted octanol–water partition coefficient (Wildman–Crippen LogP) is 4.41. The van der Waals surface area contributed by atoms with E-state index in [0.717, 1.165) is 31.9 Å². The minimum atomic E-state index is -0.456. The molecule has 6 atom stereocenters. The molecule has 0 bridgehead atoms. The Morgan fingerprint density at radius 2 is 2.16 bits per heavy atom. The monoisotopic (exact) mass is 436 g/mol. The topological polar surface area (TPSA) is 88.0 Å². The van der Waals surface area contributed by atoms with Gasteiger partial charge in [0.25, 0.3) is 0 Å². The van der Waals surface area contributed by atoms with Gasteiger partial charge in [0.05, 0.1) is 6.26 Å². The fraction of sp³-hybridized carbons (Fsp3) is 0.577. The van der Waals surface area contributed by atoms with Crippen LogP contribution in [0.4, 0.5) is 0 Å². The summed E-state index contributed by atoms with van der Waals surface area (Å²) in [4.78, 5) is 31.2. The molecule has 1 aromatic carbocycles. The van der Waals surface area contributed by atoms with Crippen molar-refractivity contribution in [2.45, 2.75) is 70.8 Å². The summed E-state index contributed by atoms with van der Waals surface area (Å²) in [6.45, 7) is 4.00. The average molecular weight is 437 g/mol. The zero-order valence-corrected chi connectivity index (χ0v) is 18.8. The molecule has 0 saturated heterocycles. The zero-order valence-electron chi connectivity index (χ0n) is 18.8. The number of rotatable bonds is 3. The second-order valence-corrected chi connectivity index (χ2v) is 10.3. The first kappa shape index (κ1) is 21.2. The number of ketones is 1. The van der Waals surface area contributed by atoms with Gasteiger partial charge in [-0.1, -0.05) is 36.3 Å². The van der Waals surface area contributed by atoms with Gasteiger partial charge in [-0.25, -0.2) is 0 Å². The zero-order chi connectivity index (χ0) is 22.5. The number of fused-ring (bicyclic) bond motifs is 5. The second-order valence-electron chi connectivity index (χ2n) is 10.3. The Kier molecular flexibility index (Phi) is 5.34. The van der Waals surface area contributed by atoms with E-state index in [1.165, 1.54) is 11.1 Å². The summed E-state index contributed by atoms with van der Waals surface area (Å²) in [7, 11) is 0. The normalized spacial score (nSPS) is 36.7. The Balaban J connectivity index is 1.38. The van der Waals surface area contributed by atoms with Crippen LogP contribution in [-0.2, 0) is 20.8 Å². The minimum Gasteiger partial charge on any atom is -0.515 e. The van der Waals surface area contributed by atoms with Crippen molar-refractivity contribution in [2.24, 2.45) is 28.3 Å². The predicted molar refractivity (Wildman–Crippen MR) is 121 cm³/mol. The molecule has 6 nitrogen and oxygen atoms in total. The SMILES string of the molecule is CC1CC(NC(=O)CC[C@@H]2/C(=C/O)C(=O)[C@@]3(C)CCC4c5ccccc5CCC4C23)=NO1. The van der Waals surface area contributed by atoms with Gasteiger partial charge in [-0.2, -0.15) is 0 Å². The van der Waals surface area contributed by atoms with Crippen LogP contribution in [0.15, 0.2) is 41.3 Å². The number of aliphatic hydroxyl groups is 1. The van der Waals surface area contributed by atoms with Gasteiger partial charge < -0.3 is 15.3 Å². The number of benzene rings is 1. The number of nitrogens with one attached hydrogen (secondary N) is 1. The number of carbonyl (C=O) groups is 2. The highest BCUT2D eigenvalue weighted by Crippen LogP contribution is 2.63. The Morgan fingerprint density at radius 1 is 1.34 bits per heavy atom. The van der Waals surface area contributed by atoms with Crippen molar-refractivity contribution in [1.29, 1.82) is 0 Å². The van der Waals surface area contributed by atoms with Crippen molar-refractivity contribution in [2.75, 3.05) is 0 Å². The van der Waals surface area contributed by atoms with E-state index in [-0.39, 0.29) is 29.6 Å². The number of amides is 1. The number of hydrogen-bond acceptors (Lipinski definition) is 5. The van der Waals surface area contributed by atoms with Crippen molar-refractivity contribution in [3.63, 3.8) is 0 Å². The number of oxime groups is 1. The van der Waals surface area contributed by atoms with Crippen molar-refractivity contribution in [3.05, 3.63) is 47.2 Å². The highest BCUT2D eigenvalue weighted by molar-refractivity contribution is 6.03. The maximum atomic E-state index is 13.4. The van der Waals surface area contributed by atoms with Crippen molar-refractivity contribution >= 4 is 17.5 Å². The molecule has 1 aromatic rings. The van der Waals surface area contributed by atoms with Gasteiger partial charge in [-0.15, -0.1) is 0 Å². The molecule has 6 heteroatoms. The first-order valence-electron chi connectivity index (χ1n) is 11.9. The molecule has 1 aliphatic heterocycles. The number of aryl methyl sites for hydroxylation is 1. The number of nitrogens with zero attached hydrogens (tertiary/aromatic N) is 1. The lowest BCUT2D eigenvalue weighted by Crippen LogP contribution is -2.44. The summed E-state index contributed by atoms with van der Waals surface area (Å²) in [5.41, 5.74) is 2.93. The standard InChI is InChI=1S/C26H32N2O4/c1-15-13-22(28-32-15)27-23(30)10-9-20-21(14-29)25(31)26(2)12-11-18-17-6-4-3-5-16(17)7-8-19(18)24(20)26/h3-6,14-15,18-20,24,29H,7-13H2,1-2H3,(H,27,28,30)/b21-14-/t15?,18?,19?,20-,24?,26+/m1/s1. The van der Waals surface area contributed by atoms with Gasteiger partial charge in [0, 0.05) is 23.8 Å². The molecule has 4 aliphatic rings. The number of allylic oxidation sites excluding steroid dienone is 1. The highest BCUT2D eigenvalue weighted by Gasteiger charge is 2.60. The molecule has 170 valence electrons. The number of carbonyl (C=O) groups excluding carboxylic acids is 2. The van der Waals surface area contributed by atoms with Gasteiger partial charge in [0.15, 0.2) is 11.6 Å². The lowest BCUT2D eigenvalue weighted by molar-refractivity contribution is -0.127. The molecule has 0 aromatic heterocycles. The van der Waals surface area contributed by atoms with E-state index >= 15 is 0 Å². The summed E-state index contributed by atoms with van der Waals surface area (Å²) >= 11 is 0. The average Bonchev–Trinajstić information content (AvgIpc) is 3.29. The lowest BCUT2D eigenvalue weighted by atomic mass is 9.54. The molecule has 5 rings (SSSR count). The molecule has 2 saturated carbocycles. The molecule has 0 radical (unpaired) electrons. The summed E-state index contributed by atoms with van der Waals surface area (Å²) in [6, 6.07) is 8.71. The molecule has 4 unspecified atom stereocenters. The van der Waals surface area contributed by atoms with Crippen molar-refractivity contribution in [1.82, 2.24) is 5.32 Å². The number of Topliss-reactive ketones (excluding diaryl/α,β-unsaturated/α-hetero) is 1. The van der Waals surface area contributed by atoms with Crippen molar-refractivity contribution < 1.29 is 19.5 Å². The molecule has 2 N–H and O–H groups in total. The lowest BCUT2D eigenvalue weighted by Gasteiger charge is -2.49. The van der Waals surface area contributed by atoms with Gasteiger partial charge in [0.1, 0.15) is 6.10 Å². The summed E-state index contributed by atoms with van der Waals surface area (Å²) in [6.07, 6.45) is 6.38. The summed E-state index contributed by atoms with van der Waals surface area (Å²) < 4.78 is 0. The maximum absolute atomic E-state index is 13.4. The molecule has 2 fully saturated rings. The number of aliphatic hydroxyl groups excluding tert-OH is 1.